The van der Waals surface area contributed by atoms with Crippen molar-refractivity contribution in [1.82, 2.24) is 15.0 Å². The van der Waals surface area contributed by atoms with Gasteiger partial charge in [0.2, 0.25) is 0 Å². The first kappa shape index (κ1) is 19.6. The molecule has 0 fully saturated rings. The lowest BCUT2D eigenvalue weighted by Crippen LogP contribution is -2.31. The zero-order chi connectivity index (χ0) is 20.9. The molecule has 0 atom stereocenters. The van der Waals surface area contributed by atoms with Crippen molar-refractivity contribution in [2.45, 2.75) is 20.3 Å². The standard InChI is InChI=1S/C24H25N5O/c1-3-29(19-8-6-7-17(2)13-19)24(30)22-14-23(28-16-27-22)25-12-11-18-15-26-21-10-5-4-9-20(18)21/h4-10,13-16,26H,3,11-12H2,1-2H3,(H,25,27,28). The first-order valence-corrected chi connectivity index (χ1v) is 10.1. The van der Waals surface area contributed by atoms with Crippen LogP contribution in [-0.2, 0) is 6.42 Å². The monoisotopic (exact) mass is 399 g/mol. The molecule has 0 aliphatic rings. The van der Waals surface area contributed by atoms with Crippen LogP contribution in [0.1, 0.15) is 28.5 Å². The number of rotatable bonds is 7. The van der Waals surface area contributed by atoms with Gasteiger partial charge < -0.3 is 15.2 Å². The SMILES string of the molecule is CCN(C(=O)c1cc(NCCc2c[nH]c3ccccc23)ncn1)c1cccc(C)c1. The van der Waals surface area contributed by atoms with Gasteiger partial charge in [-0.2, -0.15) is 0 Å². The molecule has 0 unspecified atom stereocenters. The van der Waals surface area contributed by atoms with E-state index in [4.69, 9.17) is 0 Å². The number of aromatic nitrogens is 3. The molecule has 2 N–H and O–H groups in total. The summed E-state index contributed by atoms with van der Waals surface area (Å²) in [4.78, 5) is 26.6. The average Bonchev–Trinajstić information content (AvgIpc) is 3.18. The van der Waals surface area contributed by atoms with Crippen LogP contribution in [0.25, 0.3) is 10.9 Å². The Labute approximate surface area is 176 Å². The van der Waals surface area contributed by atoms with E-state index >= 15 is 0 Å². The Morgan fingerprint density at radius 1 is 1.10 bits per heavy atom. The van der Waals surface area contributed by atoms with E-state index in [-0.39, 0.29) is 5.91 Å². The van der Waals surface area contributed by atoms with Gasteiger partial charge in [0.1, 0.15) is 17.8 Å². The fourth-order valence-corrected chi connectivity index (χ4v) is 3.61. The fourth-order valence-electron chi connectivity index (χ4n) is 3.61. The second-order valence-electron chi connectivity index (χ2n) is 7.21. The maximum absolute atomic E-state index is 13.1. The number of aromatic amines is 1. The molecule has 0 saturated carbocycles. The Morgan fingerprint density at radius 3 is 2.80 bits per heavy atom. The van der Waals surface area contributed by atoms with Gasteiger partial charge in [0, 0.05) is 41.9 Å². The van der Waals surface area contributed by atoms with Crippen molar-refractivity contribution in [2.24, 2.45) is 0 Å². The highest BCUT2D eigenvalue weighted by Crippen LogP contribution is 2.20. The van der Waals surface area contributed by atoms with Gasteiger partial charge in [0.05, 0.1) is 0 Å². The zero-order valence-electron chi connectivity index (χ0n) is 17.2. The topological polar surface area (TPSA) is 73.9 Å². The summed E-state index contributed by atoms with van der Waals surface area (Å²) in [7, 11) is 0. The van der Waals surface area contributed by atoms with Crippen LogP contribution in [0.15, 0.2) is 67.1 Å². The van der Waals surface area contributed by atoms with Crippen LogP contribution in [0.3, 0.4) is 0 Å². The van der Waals surface area contributed by atoms with E-state index in [1.54, 1.807) is 11.0 Å². The number of H-pyrrole nitrogens is 1. The number of aryl methyl sites for hydroxylation is 1. The summed E-state index contributed by atoms with van der Waals surface area (Å²) in [6.07, 6.45) is 4.33. The molecular formula is C24H25N5O. The van der Waals surface area contributed by atoms with Crippen molar-refractivity contribution >= 4 is 28.3 Å². The summed E-state index contributed by atoms with van der Waals surface area (Å²) >= 11 is 0. The fraction of sp³-hybridized carbons (Fsp3) is 0.208. The van der Waals surface area contributed by atoms with E-state index < -0.39 is 0 Å². The minimum absolute atomic E-state index is 0.134. The smallest absolute Gasteiger partial charge is 0.277 e. The summed E-state index contributed by atoms with van der Waals surface area (Å²) < 4.78 is 0. The van der Waals surface area contributed by atoms with E-state index in [9.17, 15) is 4.79 Å². The Balaban J connectivity index is 1.44. The van der Waals surface area contributed by atoms with Crippen molar-refractivity contribution < 1.29 is 4.79 Å². The number of anilines is 2. The van der Waals surface area contributed by atoms with Gasteiger partial charge in [-0.05, 0) is 49.6 Å². The van der Waals surface area contributed by atoms with E-state index in [0.29, 0.717) is 24.6 Å². The van der Waals surface area contributed by atoms with Gasteiger partial charge in [-0.15, -0.1) is 0 Å². The number of para-hydroxylation sites is 1. The summed E-state index contributed by atoms with van der Waals surface area (Å²) in [6.45, 7) is 5.25. The van der Waals surface area contributed by atoms with Crippen LogP contribution in [0.5, 0.6) is 0 Å². The van der Waals surface area contributed by atoms with E-state index in [1.807, 2.05) is 56.4 Å². The van der Waals surface area contributed by atoms with Crippen molar-refractivity contribution in [3.63, 3.8) is 0 Å². The second kappa shape index (κ2) is 8.78. The number of nitrogens with zero attached hydrogens (tertiary/aromatic N) is 3. The molecule has 2 aromatic heterocycles. The Bertz CT molecular complexity index is 1170. The third kappa shape index (κ3) is 4.17. The minimum atomic E-state index is -0.134. The van der Waals surface area contributed by atoms with E-state index in [2.05, 4.69) is 32.4 Å². The third-order valence-electron chi connectivity index (χ3n) is 5.14. The highest BCUT2D eigenvalue weighted by Gasteiger charge is 2.18. The molecule has 152 valence electrons. The first-order valence-electron chi connectivity index (χ1n) is 10.1. The quantitative estimate of drug-likeness (QED) is 0.477. The molecule has 0 aliphatic carbocycles. The van der Waals surface area contributed by atoms with Gasteiger partial charge in [0.25, 0.3) is 5.91 Å². The predicted molar refractivity (Wildman–Crippen MR) is 121 cm³/mol. The van der Waals surface area contributed by atoms with E-state index in [0.717, 1.165) is 23.2 Å². The number of amides is 1. The van der Waals surface area contributed by atoms with Gasteiger partial charge in [0.15, 0.2) is 0 Å². The van der Waals surface area contributed by atoms with Crippen LogP contribution < -0.4 is 10.2 Å². The van der Waals surface area contributed by atoms with Crippen LogP contribution in [0.2, 0.25) is 0 Å². The normalized spacial score (nSPS) is 10.9. The molecule has 2 aromatic carbocycles. The van der Waals surface area contributed by atoms with Crippen LogP contribution in [0.4, 0.5) is 11.5 Å². The van der Waals surface area contributed by atoms with Gasteiger partial charge >= 0.3 is 0 Å². The number of hydrogen-bond acceptors (Lipinski definition) is 4. The molecule has 4 rings (SSSR count). The van der Waals surface area contributed by atoms with Gasteiger partial charge in [-0.3, -0.25) is 4.79 Å². The number of hydrogen-bond donors (Lipinski definition) is 2. The van der Waals surface area contributed by atoms with Crippen molar-refractivity contribution in [3.05, 3.63) is 83.9 Å². The van der Waals surface area contributed by atoms with Crippen molar-refractivity contribution in [1.29, 1.82) is 0 Å². The molecule has 1 amide bonds. The molecule has 0 radical (unpaired) electrons. The lowest BCUT2D eigenvalue weighted by Gasteiger charge is -2.21. The zero-order valence-corrected chi connectivity index (χ0v) is 17.2. The number of carbonyl (C=O) groups is 1. The minimum Gasteiger partial charge on any atom is -0.370 e. The molecule has 30 heavy (non-hydrogen) atoms. The molecule has 0 spiro atoms. The Morgan fingerprint density at radius 2 is 1.97 bits per heavy atom. The molecular weight excluding hydrogens is 374 g/mol. The molecule has 6 heteroatoms. The second-order valence-corrected chi connectivity index (χ2v) is 7.21. The molecule has 2 heterocycles. The lowest BCUT2D eigenvalue weighted by atomic mass is 10.1. The molecule has 0 bridgehead atoms. The van der Waals surface area contributed by atoms with Crippen molar-refractivity contribution in [3.8, 4) is 0 Å². The lowest BCUT2D eigenvalue weighted by molar-refractivity contribution is 0.0983. The summed E-state index contributed by atoms with van der Waals surface area (Å²) in [5.41, 5.74) is 4.75. The van der Waals surface area contributed by atoms with Crippen LogP contribution in [-0.4, -0.2) is 33.9 Å². The molecule has 6 nitrogen and oxygen atoms in total. The number of carbonyl (C=O) groups excluding carboxylic acids is 1. The maximum atomic E-state index is 13.1. The highest BCUT2D eigenvalue weighted by atomic mass is 16.2. The molecule has 0 saturated heterocycles. The first-order chi connectivity index (χ1) is 14.7. The number of benzene rings is 2. The van der Waals surface area contributed by atoms with Gasteiger partial charge in [-0.25, -0.2) is 9.97 Å². The molecule has 4 aromatic rings. The average molecular weight is 399 g/mol. The summed E-state index contributed by atoms with van der Waals surface area (Å²) in [6, 6.07) is 17.9. The number of nitrogens with one attached hydrogen (secondary N) is 2. The molecule has 0 aliphatic heterocycles. The third-order valence-corrected chi connectivity index (χ3v) is 5.14. The Hall–Kier alpha value is -3.67. The highest BCUT2D eigenvalue weighted by molar-refractivity contribution is 6.05. The maximum Gasteiger partial charge on any atom is 0.277 e. The Kier molecular flexibility index (Phi) is 5.75. The van der Waals surface area contributed by atoms with E-state index in [1.165, 1.54) is 17.3 Å². The van der Waals surface area contributed by atoms with Crippen molar-refractivity contribution in [2.75, 3.05) is 23.3 Å². The van der Waals surface area contributed by atoms with Gasteiger partial charge in [-0.1, -0.05) is 30.3 Å². The predicted octanol–water partition coefficient (Wildman–Crippen LogP) is 4.59. The summed E-state index contributed by atoms with van der Waals surface area (Å²) in [5.74, 6) is 0.513. The summed E-state index contributed by atoms with van der Waals surface area (Å²) in [5, 5.41) is 4.54. The van der Waals surface area contributed by atoms with Crippen LogP contribution >= 0.6 is 0 Å². The number of fused-ring (bicyclic) bond motifs is 1. The van der Waals surface area contributed by atoms with Crippen LogP contribution in [0, 0.1) is 6.92 Å². The largest absolute Gasteiger partial charge is 0.370 e.